The Labute approximate surface area is 190 Å². The lowest BCUT2D eigenvalue weighted by Crippen LogP contribution is -2.18. The summed E-state index contributed by atoms with van der Waals surface area (Å²) < 4.78 is 16.0. The van der Waals surface area contributed by atoms with Crippen molar-refractivity contribution in [3.63, 3.8) is 0 Å². The lowest BCUT2D eigenvalue weighted by Gasteiger charge is -2.15. The molecule has 0 fully saturated rings. The largest absolute Gasteiger partial charge is 0.441 e. The monoisotopic (exact) mass is 457 g/mol. The van der Waals surface area contributed by atoms with Crippen molar-refractivity contribution in [2.75, 3.05) is 23.8 Å². The zero-order chi connectivity index (χ0) is 23.1. The number of hydrogen-bond donors (Lipinski definition) is 2. The van der Waals surface area contributed by atoms with Gasteiger partial charge in [-0.05, 0) is 51.1 Å². The van der Waals surface area contributed by atoms with Crippen molar-refractivity contribution >= 4 is 35.0 Å². The SMILES string of the molecule is CCOCC(=O)Nc1ccc(-c2onc(C)c2NC(=O)OC(C)c2ccccc2Cl)cc1. The highest BCUT2D eigenvalue weighted by Crippen LogP contribution is 2.32. The maximum atomic E-state index is 12.5. The smallest absolute Gasteiger partial charge is 0.412 e. The van der Waals surface area contributed by atoms with Gasteiger partial charge < -0.3 is 19.3 Å². The van der Waals surface area contributed by atoms with Crippen LogP contribution in [-0.2, 0) is 14.3 Å². The van der Waals surface area contributed by atoms with Crippen LogP contribution in [0.1, 0.15) is 31.2 Å². The van der Waals surface area contributed by atoms with Crippen LogP contribution in [0.3, 0.4) is 0 Å². The van der Waals surface area contributed by atoms with Gasteiger partial charge in [-0.3, -0.25) is 10.1 Å². The summed E-state index contributed by atoms with van der Waals surface area (Å²) >= 11 is 6.18. The molecule has 0 radical (unpaired) electrons. The average molecular weight is 458 g/mol. The van der Waals surface area contributed by atoms with E-state index in [1.807, 2.05) is 13.0 Å². The molecule has 2 aromatic carbocycles. The fourth-order valence-electron chi connectivity index (χ4n) is 2.97. The predicted molar refractivity (Wildman–Crippen MR) is 122 cm³/mol. The molecule has 0 saturated carbocycles. The van der Waals surface area contributed by atoms with Gasteiger partial charge in [-0.25, -0.2) is 4.79 Å². The molecule has 8 nitrogen and oxygen atoms in total. The Hall–Kier alpha value is -3.36. The number of halogens is 1. The van der Waals surface area contributed by atoms with Crippen molar-refractivity contribution in [1.82, 2.24) is 5.16 Å². The minimum Gasteiger partial charge on any atom is -0.441 e. The molecule has 1 aromatic heterocycles. The highest BCUT2D eigenvalue weighted by molar-refractivity contribution is 6.31. The third-order valence-corrected chi connectivity index (χ3v) is 4.93. The number of aromatic nitrogens is 1. The summed E-state index contributed by atoms with van der Waals surface area (Å²) in [5.74, 6) is 0.130. The number of nitrogens with one attached hydrogen (secondary N) is 2. The summed E-state index contributed by atoms with van der Waals surface area (Å²) in [7, 11) is 0. The van der Waals surface area contributed by atoms with Gasteiger partial charge in [-0.15, -0.1) is 0 Å². The molecule has 0 aliphatic rings. The molecule has 1 unspecified atom stereocenters. The molecule has 0 aliphatic heterocycles. The highest BCUT2D eigenvalue weighted by Gasteiger charge is 2.20. The molecule has 3 aromatic rings. The van der Waals surface area contributed by atoms with E-state index < -0.39 is 12.2 Å². The van der Waals surface area contributed by atoms with Gasteiger partial charge >= 0.3 is 6.09 Å². The van der Waals surface area contributed by atoms with Crippen LogP contribution in [-0.4, -0.2) is 30.4 Å². The second-order valence-corrected chi connectivity index (χ2v) is 7.34. The predicted octanol–water partition coefficient (Wildman–Crippen LogP) is 5.59. The van der Waals surface area contributed by atoms with Crippen molar-refractivity contribution in [2.24, 2.45) is 0 Å². The molecule has 0 spiro atoms. The van der Waals surface area contributed by atoms with Gasteiger partial charge in [0.25, 0.3) is 0 Å². The molecule has 32 heavy (non-hydrogen) atoms. The normalized spacial score (nSPS) is 11.6. The molecular formula is C23H24ClN3O5. The maximum absolute atomic E-state index is 12.5. The second-order valence-electron chi connectivity index (χ2n) is 6.93. The van der Waals surface area contributed by atoms with Crippen LogP contribution >= 0.6 is 11.6 Å². The van der Waals surface area contributed by atoms with E-state index in [2.05, 4.69) is 15.8 Å². The third kappa shape index (κ3) is 5.87. The summed E-state index contributed by atoms with van der Waals surface area (Å²) in [6.07, 6.45) is -1.21. The van der Waals surface area contributed by atoms with Gasteiger partial charge in [-0.2, -0.15) is 0 Å². The second kappa shape index (κ2) is 10.8. The minimum atomic E-state index is -0.662. The topological polar surface area (TPSA) is 103 Å². The van der Waals surface area contributed by atoms with E-state index in [0.29, 0.717) is 45.6 Å². The first-order valence-electron chi connectivity index (χ1n) is 10.1. The van der Waals surface area contributed by atoms with E-state index in [4.69, 9.17) is 25.6 Å². The number of aryl methyl sites for hydroxylation is 1. The van der Waals surface area contributed by atoms with Gasteiger partial charge in [0.05, 0.1) is 0 Å². The van der Waals surface area contributed by atoms with Crippen LogP contribution in [0.5, 0.6) is 0 Å². The third-order valence-electron chi connectivity index (χ3n) is 4.58. The van der Waals surface area contributed by atoms with Gasteiger partial charge in [-0.1, -0.05) is 35.0 Å². The number of carbonyl (C=O) groups excluding carboxylic acids is 2. The number of anilines is 2. The number of amides is 2. The van der Waals surface area contributed by atoms with Gasteiger partial charge in [0.2, 0.25) is 5.91 Å². The molecule has 168 valence electrons. The van der Waals surface area contributed by atoms with Crippen LogP contribution in [0, 0.1) is 6.92 Å². The lowest BCUT2D eigenvalue weighted by molar-refractivity contribution is -0.120. The Morgan fingerprint density at radius 1 is 1.12 bits per heavy atom. The zero-order valence-corrected chi connectivity index (χ0v) is 18.7. The number of hydrogen-bond acceptors (Lipinski definition) is 6. The van der Waals surface area contributed by atoms with Gasteiger partial charge in [0.15, 0.2) is 5.76 Å². The fourth-order valence-corrected chi connectivity index (χ4v) is 3.26. The van der Waals surface area contributed by atoms with E-state index >= 15 is 0 Å². The molecule has 0 bridgehead atoms. The Balaban J connectivity index is 1.69. The van der Waals surface area contributed by atoms with Crippen LogP contribution in [0.15, 0.2) is 53.1 Å². The first kappa shape index (κ1) is 23.3. The fraction of sp³-hybridized carbons (Fsp3) is 0.261. The first-order valence-corrected chi connectivity index (χ1v) is 10.4. The van der Waals surface area contributed by atoms with Gasteiger partial charge in [0.1, 0.15) is 24.1 Å². The first-order chi connectivity index (χ1) is 15.4. The average Bonchev–Trinajstić information content (AvgIpc) is 3.13. The van der Waals surface area contributed by atoms with E-state index in [0.717, 1.165) is 0 Å². The maximum Gasteiger partial charge on any atom is 0.412 e. The Bertz CT molecular complexity index is 1080. The molecule has 9 heteroatoms. The zero-order valence-electron chi connectivity index (χ0n) is 18.0. The van der Waals surface area contributed by atoms with E-state index in [1.165, 1.54) is 0 Å². The summed E-state index contributed by atoms with van der Waals surface area (Å²) in [4.78, 5) is 24.3. The van der Waals surface area contributed by atoms with Crippen molar-refractivity contribution in [3.05, 3.63) is 64.8 Å². The molecule has 3 rings (SSSR count). The number of benzene rings is 2. The molecule has 2 amide bonds. The van der Waals surface area contributed by atoms with Crippen LogP contribution in [0.2, 0.25) is 5.02 Å². The Kier molecular flexibility index (Phi) is 7.86. The highest BCUT2D eigenvalue weighted by atomic mass is 35.5. The standard InChI is InChI=1S/C23H24ClN3O5/c1-4-30-13-20(28)25-17-11-9-16(10-12-17)22-21(14(2)27-32-22)26-23(29)31-15(3)18-7-5-6-8-19(18)24/h5-12,15H,4,13H2,1-3H3,(H,25,28)(H,26,29). The van der Waals surface area contributed by atoms with Crippen LogP contribution in [0.4, 0.5) is 16.2 Å². The molecule has 2 N–H and O–H groups in total. The molecule has 0 saturated heterocycles. The lowest BCUT2D eigenvalue weighted by atomic mass is 10.1. The van der Waals surface area contributed by atoms with Gasteiger partial charge in [0, 0.05) is 28.4 Å². The Morgan fingerprint density at radius 3 is 2.53 bits per heavy atom. The van der Waals surface area contributed by atoms with E-state index in [-0.39, 0.29) is 12.5 Å². The molecule has 0 aliphatic carbocycles. The molecule has 1 atom stereocenters. The number of nitrogens with zero attached hydrogens (tertiary/aromatic N) is 1. The number of ether oxygens (including phenoxy) is 2. The number of rotatable bonds is 8. The van der Waals surface area contributed by atoms with Crippen LogP contribution < -0.4 is 10.6 Å². The van der Waals surface area contributed by atoms with Crippen molar-refractivity contribution in [3.8, 4) is 11.3 Å². The summed E-state index contributed by atoms with van der Waals surface area (Å²) in [5, 5.41) is 9.91. The number of carbonyl (C=O) groups is 2. The molecular weight excluding hydrogens is 434 g/mol. The summed E-state index contributed by atoms with van der Waals surface area (Å²) in [6, 6.07) is 14.1. The van der Waals surface area contributed by atoms with E-state index in [9.17, 15) is 9.59 Å². The van der Waals surface area contributed by atoms with Crippen molar-refractivity contribution in [1.29, 1.82) is 0 Å². The Morgan fingerprint density at radius 2 is 1.84 bits per heavy atom. The van der Waals surface area contributed by atoms with E-state index in [1.54, 1.807) is 56.3 Å². The minimum absolute atomic E-state index is 0.0116. The van der Waals surface area contributed by atoms with Crippen LogP contribution in [0.25, 0.3) is 11.3 Å². The van der Waals surface area contributed by atoms with Crippen molar-refractivity contribution < 1.29 is 23.6 Å². The molecule has 1 heterocycles. The quantitative estimate of drug-likeness (QED) is 0.457. The summed E-state index contributed by atoms with van der Waals surface area (Å²) in [6.45, 7) is 5.72. The summed E-state index contributed by atoms with van der Waals surface area (Å²) in [5.41, 5.74) is 2.87. The van der Waals surface area contributed by atoms with Crippen molar-refractivity contribution in [2.45, 2.75) is 26.9 Å².